The van der Waals surface area contributed by atoms with Crippen LogP contribution in [0.5, 0.6) is 0 Å². The van der Waals surface area contributed by atoms with Crippen LogP contribution in [0.15, 0.2) is 24.8 Å². The first kappa shape index (κ1) is 11.1. The van der Waals surface area contributed by atoms with Gasteiger partial charge in [0.2, 0.25) is 0 Å². The van der Waals surface area contributed by atoms with Crippen LogP contribution in [0.1, 0.15) is 32.9 Å². The quantitative estimate of drug-likeness (QED) is 0.853. The number of rotatable bonds is 4. The summed E-state index contributed by atoms with van der Waals surface area (Å²) in [6.45, 7) is 7.42. The number of aromatic nitrogens is 3. The summed E-state index contributed by atoms with van der Waals surface area (Å²) in [6.07, 6.45) is 8.50. The van der Waals surface area contributed by atoms with Gasteiger partial charge in [0.05, 0.1) is 18.1 Å². The van der Waals surface area contributed by atoms with Crippen LogP contribution in [0.2, 0.25) is 0 Å². The van der Waals surface area contributed by atoms with Crippen LogP contribution in [-0.2, 0) is 6.54 Å². The molecular weight excluding hydrogens is 200 g/mol. The van der Waals surface area contributed by atoms with Crippen molar-refractivity contribution < 1.29 is 0 Å². The Morgan fingerprint density at radius 1 is 1.38 bits per heavy atom. The maximum Gasteiger partial charge on any atom is 0.155 e. The molecule has 1 N–H and O–H groups in total. The number of hydrogen-bond donors (Lipinski definition) is 1. The molecule has 16 heavy (non-hydrogen) atoms. The lowest BCUT2D eigenvalue weighted by molar-refractivity contribution is 0.372. The van der Waals surface area contributed by atoms with Crippen molar-refractivity contribution in [1.29, 1.82) is 0 Å². The fourth-order valence-electron chi connectivity index (χ4n) is 1.48. The molecule has 0 aromatic carbocycles. The molecule has 0 unspecified atom stereocenters. The second-order valence-corrected chi connectivity index (χ2v) is 4.65. The zero-order chi connectivity index (χ0) is 11.6. The Labute approximate surface area is 95.7 Å². The summed E-state index contributed by atoms with van der Waals surface area (Å²) in [5.41, 5.74) is 2.23. The molecule has 0 saturated heterocycles. The molecule has 0 radical (unpaired) electrons. The SMILES string of the molecule is CCC(C)(C)NCc1cnc2cnccn12. The first-order chi connectivity index (χ1) is 7.62. The predicted octanol–water partition coefficient (Wildman–Crippen LogP) is 2.01. The van der Waals surface area contributed by atoms with E-state index in [2.05, 4.69) is 40.5 Å². The average Bonchev–Trinajstić information content (AvgIpc) is 2.70. The molecule has 0 saturated carbocycles. The summed E-state index contributed by atoms with van der Waals surface area (Å²) in [5.74, 6) is 0. The van der Waals surface area contributed by atoms with E-state index in [1.54, 1.807) is 12.4 Å². The van der Waals surface area contributed by atoms with Crippen molar-refractivity contribution in [2.45, 2.75) is 39.3 Å². The lowest BCUT2D eigenvalue weighted by Gasteiger charge is -2.24. The highest BCUT2D eigenvalue weighted by atomic mass is 15.1. The van der Waals surface area contributed by atoms with Crippen molar-refractivity contribution in [3.63, 3.8) is 0 Å². The Bertz CT molecular complexity index is 473. The third-order valence-corrected chi connectivity index (χ3v) is 3.03. The first-order valence-electron chi connectivity index (χ1n) is 5.63. The van der Waals surface area contributed by atoms with Crippen molar-refractivity contribution in [3.05, 3.63) is 30.5 Å². The van der Waals surface area contributed by atoms with Crippen LogP contribution in [-0.4, -0.2) is 19.9 Å². The fraction of sp³-hybridized carbons (Fsp3) is 0.500. The Kier molecular flexibility index (Phi) is 2.92. The second kappa shape index (κ2) is 4.22. The maximum absolute atomic E-state index is 4.31. The van der Waals surface area contributed by atoms with Crippen LogP contribution < -0.4 is 5.32 Å². The zero-order valence-corrected chi connectivity index (χ0v) is 10.1. The molecule has 4 heteroatoms. The Balaban J connectivity index is 2.16. The van der Waals surface area contributed by atoms with Gasteiger partial charge in [-0.2, -0.15) is 0 Å². The average molecular weight is 218 g/mol. The third-order valence-electron chi connectivity index (χ3n) is 3.03. The van der Waals surface area contributed by atoms with Gasteiger partial charge >= 0.3 is 0 Å². The minimum atomic E-state index is 0.164. The minimum Gasteiger partial charge on any atom is -0.306 e. The number of imidazole rings is 1. The lowest BCUT2D eigenvalue weighted by atomic mass is 10.0. The predicted molar refractivity (Wildman–Crippen MR) is 64.2 cm³/mol. The van der Waals surface area contributed by atoms with E-state index in [1.165, 1.54) is 5.69 Å². The van der Waals surface area contributed by atoms with Crippen LogP contribution >= 0.6 is 0 Å². The van der Waals surface area contributed by atoms with Gasteiger partial charge in [0.25, 0.3) is 0 Å². The molecule has 2 rings (SSSR count). The Morgan fingerprint density at radius 2 is 2.19 bits per heavy atom. The summed E-state index contributed by atoms with van der Waals surface area (Å²) in [6, 6.07) is 0. The third kappa shape index (κ3) is 2.22. The standard InChI is InChI=1S/C12H18N4/c1-4-12(2,3)15-8-10-7-14-11-9-13-5-6-16(10)11/h5-7,9,15H,4,8H2,1-3H3. The number of nitrogens with one attached hydrogen (secondary N) is 1. The monoisotopic (exact) mass is 218 g/mol. The van der Waals surface area contributed by atoms with Crippen LogP contribution in [0.3, 0.4) is 0 Å². The number of fused-ring (bicyclic) bond motifs is 1. The van der Waals surface area contributed by atoms with Crippen molar-refractivity contribution in [1.82, 2.24) is 19.7 Å². The molecule has 0 bridgehead atoms. The van der Waals surface area contributed by atoms with Crippen LogP contribution in [0.25, 0.3) is 5.65 Å². The van der Waals surface area contributed by atoms with E-state index >= 15 is 0 Å². The van der Waals surface area contributed by atoms with Gasteiger partial charge in [-0.1, -0.05) is 6.92 Å². The summed E-state index contributed by atoms with van der Waals surface area (Å²) in [4.78, 5) is 8.35. The van der Waals surface area contributed by atoms with E-state index < -0.39 is 0 Å². The molecule has 0 amide bonds. The van der Waals surface area contributed by atoms with Crippen molar-refractivity contribution in [2.75, 3.05) is 0 Å². The largest absolute Gasteiger partial charge is 0.306 e. The number of nitrogens with zero attached hydrogens (tertiary/aromatic N) is 3. The van der Waals surface area contributed by atoms with E-state index in [9.17, 15) is 0 Å². The molecule has 86 valence electrons. The fourth-order valence-corrected chi connectivity index (χ4v) is 1.48. The van der Waals surface area contributed by atoms with E-state index in [1.807, 2.05) is 12.4 Å². The Hall–Kier alpha value is -1.42. The van der Waals surface area contributed by atoms with E-state index in [0.29, 0.717) is 0 Å². The maximum atomic E-state index is 4.31. The Morgan fingerprint density at radius 3 is 2.94 bits per heavy atom. The van der Waals surface area contributed by atoms with Crippen LogP contribution in [0.4, 0.5) is 0 Å². The van der Waals surface area contributed by atoms with Gasteiger partial charge in [0, 0.05) is 24.5 Å². The molecular formula is C12H18N4. The van der Waals surface area contributed by atoms with Gasteiger partial charge in [-0.3, -0.25) is 9.38 Å². The highest BCUT2D eigenvalue weighted by Gasteiger charge is 2.14. The molecule has 2 aromatic rings. The van der Waals surface area contributed by atoms with Crippen LogP contribution in [0, 0.1) is 0 Å². The molecule has 2 aromatic heterocycles. The van der Waals surface area contributed by atoms with Gasteiger partial charge in [-0.15, -0.1) is 0 Å². The summed E-state index contributed by atoms with van der Waals surface area (Å²) in [5, 5.41) is 3.52. The van der Waals surface area contributed by atoms with Gasteiger partial charge < -0.3 is 5.32 Å². The minimum absolute atomic E-state index is 0.164. The van der Waals surface area contributed by atoms with Crippen molar-refractivity contribution in [3.8, 4) is 0 Å². The normalized spacial score (nSPS) is 12.2. The molecule has 0 aliphatic carbocycles. The van der Waals surface area contributed by atoms with E-state index in [-0.39, 0.29) is 5.54 Å². The molecule has 0 atom stereocenters. The molecule has 0 spiro atoms. The molecule has 0 fully saturated rings. The smallest absolute Gasteiger partial charge is 0.155 e. The second-order valence-electron chi connectivity index (χ2n) is 4.65. The van der Waals surface area contributed by atoms with Gasteiger partial charge in [0.1, 0.15) is 0 Å². The summed E-state index contributed by atoms with van der Waals surface area (Å²) >= 11 is 0. The van der Waals surface area contributed by atoms with Gasteiger partial charge in [-0.25, -0.2) is 4.98 Å². The van der Waals surface area contributed by atoms with Gasteiger partial charge in [0.15, 0.2) is 5.65 Å². The van der Waals surface area contributed by atoms with E-state index in [4.69, 9.17) is 0 Å². The first-order valence-corrected chi connectivity index (χ1v) is 5.63. The van der Waals surface area contributed by atoms with Gasteiger partial charge in [-0.05, 0) is 20.3 Å². The summed E-state index contributed by atoms with van der Waals surface area (Å²) < 4.78 is 2.06. The van der Waals surface area contributed by atoms with E-state index in [0.717, 1.165) is 18.6 Å². The summed E-state index contributed by atoms with van der Waals surface area (Å²) in [7, 11) is 0. The van der Waals surface area contributed by atoms with Crippen molar-refractivity contribution in [2.24, 2.45) is 0 Å². The highest BCUT2D eigenvalue weighted by molar-refractivity contribution is 5.36. The lowest BCUT2D eigenvalue weighted by Crippen LogP contribution is -2.38. The topological polar surface area (TPSA) is 42.2 Å². The molecule has 0 aliphatic rings. The highest BCUT2D eigenvalue weighted by Crippen LogP contribution is 2.10. The zero-order valence-electron chi connectivity index (χ0n) is 10.1. The molecule has 4 nitrogen and oxygen atoms in total. The molecule has 2 heterocycles. The number of hydrogen-bond acceptors (Lipinski definition) is 3. The van der Waals surface area contributed by atoms with Crippen molar-refractivity contribution >= 4 is 5.65 Å². The molecule has 0 aliphatic heterocycles.